The summed E-state index contributed by atoms with van der Waals surface area (Å²) >= 11 is 0. The van der Waals surface area contributed by atoms with Gasteiger partial charge >= 0.3 is 0 Å². The molecular weight excluding hydrogens is 226 g/mol. The van der Waals surface area contributed by atoms with Crippen molar-refractivity contribution in [3.8, 4) is 0 Å². The van der Waals surface area contributed by atoms with Crippen LogP contribution >= 0.6 is 0 Å². The van der Waals surface area contributed by atoms with Gasteiger partial charge in [-0.05, 0) is 25.6 Å². The molecular formula is C14H19N3O. The van der Waals surface area contributed by atoms with Crippen molar-refractivity contribution < 1.29 is 4.42 Å². The minimum Gasteiger partial charge on any atom is -0.439 e. The number of piperazine rings is 1. The molecule has 0 aliphatic carbocycles. The number of hydrogen-bond acceptors (Lipinski definition) is 4. The Balaban J connectivity index is 1.77. The van der Waals surface area contributed by atoms with E-state index < -0.39 is 0 Å². The highest BCUT2D eigenvalue weighted by molar-refractivity contribution is 5.76. The van der Waals surface area contributed by atoms with E-state index in [1.807, 2.05) is 12.1 Å². The minimum atomic E-state index is 0.821. The number of oxazole rings is 1. The molecule has 0 bridgehead atoms. The first kappa shape index (κ1) is 11.7. The molecule has 1 fully saturated rings. The van der Waals surface area contributed by atoms with Gasteiger partial charge in [-0.25, -0.2) is 4.98 Å². The highest BCUT2D eigenvalue weighted by Crippen LogP contribution is 2.19. The minimum absolute atomic E-state index is 0.821. The summed E-state index contributed by atoms with van der Waals surface area (Å²) in [5.74, 6) is 0.837. The Morgan fingerprint density at radius 2 is 2.00 bits per heavy atom. The molecule has 1 aromatic carbocycles. The highest BCUT2D eigenvalue weighted by Gasteiger charge is 2.16. The monoisotopic (exact) mass is 245 g/mol. The van der Waals surface area contributed by atoms with E-state index in [-0.39, 0.29) is 0 Å². The molecule has 0 N–H and O–H groups in total. The fourth-order valence-electron chi connectivity index (χ4n) is 2.40. The van der Waals surface area contributed by atoms with Crippen LogP contribution < -0.4 is 0 Å². The van der Waals surface area contributed by atoms with Gasteiger partial charge in [0.2, 0.25) is 5.89 Å². The molecule has 2 heterocycles. The van der Waals surface area contributed by atoms with Gasteiger partial charge in [-0.1, -0.05) is 12.1 Å². The average Bonchev–Trinajstić information content (AvgIpc) is 2.76. The molecule has 1 aliphatic rings. The van der Waals surface area contributed by atoms with Gasteiger partial charge in [0.05, 0.1) is 6.54 Å². The molecule has 0 radical (unpaired) electrons. The summed E-state index contributed by atoms with van der Waals surface area (Å²) in [5.41, 5.74) is 3.08. The molecule has 1 aromatic heterocycles. The third-order valence-electron chi connectivity index (χ3n) is 3.62. The lowest BCUT2D eigenvalue weighted by atomic mass is 10.2. The van der Waals surface area contributed by atoms with Crippen LogP contribution in [-0.2, 0) is 6.54 Å². The van der Waals surface area contributed by atoms with Gasteiger partial charge in [0.1, 0.15) is 5.52 Å². The molecule has 18 heavy (non-hydrogen) atoms. The molecule has 4 heteroatoms. The summed E-state index contributed by atoms with van der Waals surface area (Å²) in [4.78, 5) is 9.36. The van der Waals surface area contributed by atoms with Crippen LogP contribution in [0.25, 0.3) is 11.1 Å². The Labute approximate surface area is 107 Å². The van der Waals surface area contributed by atoms with E-state index in [1.54, 1.807) is 0 Å². The molecule has 96 valence electrons. The van der Waals surface area contributed by atoms with Crippen LogP contribution in [0.4, 0.5) is 0 Å². The molecule has 1 saturated heterocycles. The predicted molar refractivity (Wildman–Crippen MR) is 71.5 cm³/mol. The van der Waals surface area contributed by atoms with Crippen molar-refractivity contribution in [1.29, 1.82) is 0 Å². The summed E-state index contributed by atoms with van der Waals surface area (Å²) in [6.45, 7) is 7.33. The zero-order chi connectivity index (χ0) is 12.5. The number of benzene rings is 1. The van der Waals surface area contributed by atoms with E-state index in [4.69, 9.17) is 4.42 Å². The van der Waals surface area contributed by atoms with Gasteiger partial charge in [0.15, 0.2) is 5.58 Å². The van der Waals surface area contributed by atoms with Crippen LogP contribution in [0.1, 0.15) is 11.5 Å². The number of fused-ring (bicyclic) bond motifs is 1. The number of aromatic nitrogens is 1. The Hall–Kier alpha value is -1.39. The topological polar surface area (TPSA) is 32.5 Å². The van der Waals surface area contributed by atoms with Crippen LogP contribution in [0, 0.1) is 6.92 Å². The SMILES string of the molecule is Cc1cccc2oc(CN3CCN(C)CC3)nc12. The molecule has 0 unspecified atom stereocenters. The summed E-state index contributed by atoms with van der Waals surface area (Å²) in [5, 5.41) is 0. The predicted octanol–water partition coefficient (Wildman–Crippen LogP) is 1.88. The molecule has 0 atom stereocenters. The zero-order valence-electron chi connectivity index (χ0n) is 11.0. The van der Waals surface area contributed by atoms with Gasteiger partial charge in [-0.3, -0.25) is 4.90 Å². The Kier molecular flexibility index (Phi) is 3.06. The first-order valence-electron chi connectivity index (χ1n) is 6.48. The largest absolute Gasteiger partial charge is 0.439 e. The van der Waals surface area contributed by atoms with Crippen LogP contribution in [0.15, 0.2) is 22.6 Å². The van der Waals surface area contributed by atoms with Crippen molar-refractivity contribution >= 4 is 11.1 Å². The van der Waals surface area contributed by atoms with Crippen molar-refractivity contribution in [2.75, 3.05) is 33.2 Å². The first-order valence-corrected chi connectivity index (χ1v) is 6.48. The second-order valence-corrected chi connectivity index (χ2v) is 5.11. The second-order valence-electron chi connectivity index (χ2n) is 5.11. The summed E-state index contributed by atoms with van der Waals surface area (Å²) in [6, 6.07) is 6.08. The van der Waals surface area contributed by atoms with E-state index in [2.05, 4.69) is 34.8 Å². The van der Waals surface area contributed by atoms with Gasteiger partial charge < -0.3 is 9.32 Å². The maximum Gasteiger partial charge on any atom is 0.209 e. The van der Waals surface area contributed by atoms with Crippen molar-refractivity contribution in [3.05, 3.63) is 29.7 Å². The van der Waals surface area contributed by atoms with Crippen molar-refractivity contribution in [2.45, 2.75) is 13.5 Å². The molecule has 4 nitrogen and oxygen atoms in total. The molecule has 2 aromatic rings. The maximum absolute atomic E-state index is 5.81. The fourth-order valence-corrected chi connectivity index (χ4v) is 2.40. The van der Waals surface area contributed by atoms with Crippen molar-refractivity contribution in [1.82, 2.24) is 14.8 Å². The third kappa shape index (κ3) is 2.26. The maximum atomic E-state index is 5.81. The first-order chi connectivity index (χ1) is 8.72. The number of aryl methyl sites for hydroxylation is 1. The van der Waals surface area contributed by atoms with Gasteiger partial charge in [-0.2, -0.15) is 0 Å². The van der Waals surface area contributed by atoms with E-state index in [0.717, 1.165) is 49.7 Å². The third-order valence-corrected chi connectivity index (χ3v) is 3.62. The van der Waals surface area contributed by atoms with Gasteiger partial charge in [0.25, 0.3) is 0 Å². The second kappa shape index (κ2) is 4.71. The standard InChI is InChI=1S/C14H19N3O/c1-11-4-3-5-12-14(11)15-13(18-12)10-17-8-6-16(2)7-9-17/h3-5H,6-10H2,1-2H3. The summed E-state index contributed by atoms with van der Waals surface area (Å²) < 4.78 is 5.81. The highest BCUT2D eigenvalue weighted by atomic mass is 16.3. The smallest absolute Gasteiger partial charge is 0.209 e. The number of nitrogens with zero attached hydrogens (tertiary/aromatic N) is 3. The Morgan fingerprint density at radius 3 is 2.72 bits per heavy atom. The van der Waals surface area contributed by atoms with E-state index in [0.29, 0.717) is 0 Å². The lowest BCUT2D eigenvalue weighted by Crippen LogP contribution is -2.43. The van der Waals surface area contributed by atoms with E-state index in [9.17, 15) is 0 Å². The van der Waals surface area contributed by atoms with E-state index in [1.165, 1.54) is 5.56 Å². The van der Waals surface area contributed by atoms with E-state index >= 15 is 0 Å². The Morgan fingerprint density at radius 1 is 1.22 bits per heavy atom. The van der Waals surface area contributed by atoms with Crippen molar-refractivity contribution in [3.63, 3.8) is 0 Å². The zero-order valence-corrected chi connectivity index (χ0v) is 11.0. The lowest BCUT2D eigenvalue weighted by Gasteiger charge is -2.31. The van der Waals surface area contributed by atoms with Crippen LogP contribution in [0.2, 0.25) is 0 Å². The number of likely N-dealkylation sites (N-methyl/N-ethyl adjacent to an activating group) is 1. The fraction of sp³-hybridized carbons (Fsp3) is 0.500. The number of rotatable bonds is 2. The molecule has 0 spiro atoms. The lowest BCUT2D eigenvalue weighted by molar-refractivity contribution is 0.139. The summed E-state index contributed by atoms with van der Waals surface area (Å²) in [7, 11) is 2.17. The van der Waals surface area contributed by atoms with Crippen molar-refractivity contribution in [2.24, 2.45) is 0 Å². The Bertz CT molecular complexity index is 541. The number of hydrogen-bond donors (Lipinski definition) is 0. The quantitative estimate of drug-likeness (QED) is 0.808. The molecule has 1 aliphatic heterocycles. The molecule has 3 rings (SSSR count). The molecule has 0 amide bonds. The summed E-state index contributed by atoms with van der Waals surface area (Å²) in [6.07, 6.45) is 0. The van der Waals surface area contributed by atoms with Crippen LogP contribution in [0.5, 0.6) is 0 Å². The average molecular weight is 245 g/mol. The molecule has 0 saturated carbocycles. The van der Waals surface area contributed by atoms with Crippen LogP contribution in [-0.4, -0.2) is 48.0 Å². The van der Waals surface area contributed by atoms with Crippen LogP contribution in [0.3, 0.4) is 0 Å². The normalized spacial score (nSPS) is 18.6. The van der Waals surface area contributed by atoms with Gasteiger partial charge in [-0.15, -0.1) is 0 Å². The number of para-hydroxylation sites is 1. The van der Waals surface area contributed by atoms with Gasteiger partial charge in [0, 0.05) is 26.2 Å².